The highest BCUT2D eigenvalue weighted by molar-refractivity contribution is 5.29. The van der Waals surface area contributed by atoms with E-state index in [9.17, 15) is 5.11 Å². The number of ether oxygens (including phenoxy) is 1. The maximum Gasteiger partial charge on any atom is 0.119 e. The third-order valence-electron chi connectivity index (χ3n) is 5.70. The van der Waals surface area contributed by atoms with Gasteiger partial charge >= 0.3 is 0 Å². The predicted octanol–water partition coefficient (Wildman–Crippen LogP) is 2.55. The van der Waals surface area contributed by atoms with Crippen LogP contribution in [0.3, 0.4) is 0 Å². The van der Waals surface area contributed by atoms with Gasteiger partial charge in [-0.15, -0.1) is 0 Å². The van der Waals surface area contributed by atoms with Crippen molar-refractivity contribution in [3.8, 4) is 5.75 Å². The summed E-state index contributed by atoms with van der Waals surface area (Å²) in [5.41, 5.74) is 5.20. The van der Waals surface area contributed by atoms with Crippen molar-refractivity contribution in [2.45, 2.75) is 32.0 Å². The van der Waals surface area contributed by atoms with Crippen molar-refractivity contribution in [3.63, 3.8) is 0 Å². The Morgan fingerprint density at radius 2 is 2.00 bits per heavy atom. The van der Waals surface area contributed by atoms with E-state index in [0.717, 1.165) is 44.8 Å². The first kappa shape index (κ1) is 21.6. The van der Waals surface area contributed by atoms with Gasteiger partial charge in [0.05, 0.1) is 6.20 Å². The van der Waals surface area contributed by atoms with Gasteiger partial charge in [-0.25, -0.2) is 0 Å². The number of benzene rings is 2. The van der Waals surface area contributed by atoms with E-state index in [-0.39, 0.29) is 0 Å². The summed E-state index contributed by atoms with van der Waals surface area (Å²) >= 11 is 0. The summed E-state index contributed by atoms with van der Waals surface area (Å²) in [4.78, 5) is 2.30. The molecule has 3 aromatic rings. The van der Waals surface area contributed by atoms with Gasteiger partial charge in [-0.3, -0.25) is 9.58 Å². The summed E-state index contributed by atoms with van der Waals surface area (Å²) in [6, 6.07) is 16.6. The number of hydrogen-bond donors (Lipinski definition) is 2. The zero-order valence-electron chi connectivity index (χ0n) is 18.2. The van der Waals surface area contributed by atoms with Gasteiger partial charge in [-0.1, -0.05) is 36.4 Å². The molecular formula is C25H32N4O2. The average Bonchev–Trinajstić information content (AvgIpc) is 3.20. The van der Waals surface area contributed by atoms with Crippen LogP contribution in [-0.2, 0) is 33.0 Å². The minimum absolute atomic E-state index is 0.302. The Hall–Kier alpha value is -2.67. The molecular weight excluding hydrogens is 388 g/mol. The summed E-state index contributed by atoms with van der Waals surface area (Å²) in [6.45, 7) is 4.49. The second kappa shape index (κ2) is 10.6. The molecule has 1 aliphatic heterocycles. The van der Waals surface area contributed by atoms with Crippen molar-refractivity contribution >= 4 is 0 Å². The van der Waals surface area contributed by atoms with Crippen LogP contribution in [-0.4, -0.2) is 52.1 Å². The maximum absolute atomic E-state index is 10.5. The van der Waals surface area contributed by atoms with Gasteiger partial charge in [0.1, 0.15) is 18.5 Å². The summed E-state index contributed by atoms with van der Waals surface area (Å²) in [5, 5.41) is 18.1. The van der Waals surface area contributed by atoms with E-state index >= 15 is 0 Å². The third-order valence-corrected chi connectivity index (χ3v) is 5.70. The molecule has 2 N–H and O–H groups in total. The van der Waals surface area contributed by atoms with Crippen LogP contribution in [0.1, 0.15) is 22.3 Å². The zero-order valence-corrected chi connectivity index (χ0v) is 18.2. The monoisotopic (exact) mass is 420 g/mol. The minimum Gasteiger partial charge on any atom is -0.491 e. The van der Waals surface area contributed by atoms with Gasteiger partial charge in [0.15, 0.2) is 0 Å². The predicted molar refractivity (Wildman–Crippen MR) is 122 cm³/mol. The number of rotatable bonds is 10. The zero-order chi connectivity index (χ0) is 21.5. The maximum atomic E-state index is 10.5. The van der Waals surface area contributed by atoms with Gasteiger partial charge in [-0.2, -0.15) is 5.10 Å². The summed E-state index contributed by atoms with van der Waals surface area (Å²) in [6.07, 6.45) is 5.44. The summed E-state index contributed by atoms with van der Waals surface area (Å²) in [5.74, 6) is 0.801. The highest BCUT2D eigenvalue weighted by Crippen LogP contribution is 2.19. The van der Waals surface area contributed by atoms with Gasteiger partial charge < -0.3 is 15.2 Å². The molecule has 4 rings (SSSR count). The van der Waals surface area contributed by atoms with E-state index in [4.69, 9.17) is 4.74 Å². The van der Waals surface area contributed by atoms with Gasteiger partial charge in [0.2, 0.25) is 0 Å². The number of aliphatic hydroxyl groups excluding tert-OH is 1. The van der Waals surface area contributed by atoms with E-state index in [1.165, 1.54) is 22.3 Å². The molecule has 0 saturated carbocycles. The van der Waals surface area contributed by atoms with Gasteiger partial charge in [0.25, 0.3) is 0 Å². The number of aromatic nitrogens is 2. The van der Waals surface area contributed by atoms with E-state index in [1.54, 1.807) is 0 Å². The Labute approximate surface area is 184 Å². The lowest BCUT2D eigenvalue weighted by molar-refractivity contribution is 0.0637. The summed E-state index contributed by atoms with van der Waals surface area (Å²) < 4.78 is 7.71. The molecule has 31 heavy (non-hydrogen) atoms. The Kier molecular flexibility index (Phi) is 7.35. The standard InChI is InChI=1S/C25H32N4O2/c1-28-16-21(15-27-28)9-11-26-14-20-5-4-8-25(13-20)31-19-24(30)18-29-12-10-22-6-2-3-7-23(22)17-29/h2-8,13,15-16,24,26,30H,9-12,14,17-19H2,1H3/t24-/m1/s1. The van der Waals surface area contributed by atoms with Crippen LogP contribution < -0.4 is 10.1 Å². The number of fused-ring (bicyclic) bond motifs is 1. The molecule has 164 valence electrons. The van der Waals surface area contributed by atoms with Crippen molar-refractivity contribution in [3.05, 3.63) is 83.2 Å². The van der Waals surface area contributed by atoms with Crippen molar-refractivity contribution in [1.82, 2.24) is 20.0 Å². The van der Waals surface area contributed by atoms with Crippen LogP contribution in [0.5, 0.6) is 5.75 Å². The van der Waals surface area contributed by atoms with E-state index < -0.39 is 6.10 Å². The Balaban J connectivity index is 1.18. The molecule has 0 unspecified atom stereocenters. The first-order valence-electron chi connectivity index (χ1n) is 11.0. The molecule has 0 radical (unpaired) electrons. The molecule has 2 heterocycles. The van der Waals surface area contributed by atoms with Crippen LogP contribution in [0, 0.1) is 0 Å². The minimum atomic E-state index is -0.508. The number of aliphatic hydroxyl groups is 1. The van der Waals surface area contributed by atoms with Crippen LogP contribution in [0.4, 0.5) is 0 Å². The average molecular weight is 421 g/mol. The first-order valence-corrected chi connectivity index (χ1v) is 11.0. The third kappa shape index (κ3) is 6.40. The molecule has 1 atom stereocenters. The number of aryl methyl sites for hydroxylation is 1. The molecule has 2 aromatic carbocycles. The molecule has 0 aliphatic carbocycles. The lowest BCUT2D eigenvalue weighted by Gasteiger charge is -2.30. The Morgan fingerprint density at radius 3 is 2.84 bits per heavy atom. The molecule has 0 bridgehead atoms. The number of nitrogens with one attached hydrogen (secondary N) is 1. The molecule has 0 amide bonds. The second-order valence-electron chi connectivity index (χ2n) is 8.32. The van der Waals surface area contributed by atoms with E-state index in [1.807, 2.05) is 42.3 Å². The second-order valence-corrected chi connectivity index (χ2v) is 8.32. The summed E-state index contributed by atoms with van der Waals surface area (Å²) in [7, 11) is 1.94. The van der Waals surface area contributed by atoms with Crippen molar-refractivity contribution in [2.24, 2.45) is 7.05 Å². The van der Waals surface area contributed by atoms with E-state index in [2.05, 4.69) is 45.6 Å². The van der Waals surface area contributed by atoms with Crippen LogP contribution in [0.25, 0.3) is 0 Å². The molecule has 6 nitrogen and oxygen atoms in total. The molecule has 0 spiro atoms. The number of hydrogen-bond acceptors (Lipinski definition) is 5. The Bertz CT molecular complexity index is 971. The van der Waals surface area contributed by atoms with Crippen LogP contribution >= 0.6 is 0 Å². The molecule has 0 saturated heterocycles. The number of nitrogens with zero attached hydrogens (tertiary/aromatic N) is 3. The van der Waals surface area contributed by atoms with E-state index in [0.29, 0.717) is 13.2 Å². The fourth-order valence-corrected chi connectivity index (χ4v) is 4.06. The quantitative estimate of drug-likeness (QED) is 0.494. The lowest BCUT2D eigenvalue weighted by atomic mass is 10.00. The number of β-amino-alcohol motifs (C(OH)–C–C–N with tert-alkyl or cyclic N) is 1. The SMILES string of the molecule is Cn1cc(CCNCc2cccc(OC[C@H](O)CN3CCc4ccccc4C3)c2)cn1. The van der Waals surface area contributed by atoms with Crippen LogP contribution in [0.2, 0.25) is 0 Å². The van der Waals surface area contributed by atoms with Gasteiger partial charge in [-0.05, 0) is 53.8 Å². The fraction of sp³-hybridized carbons (Fsp3) is 0.400. The smallest absolute Gasteiger partial charge is 0.119 e. The van der Waals surface area contributed by atoms with Crippen molar-refractivity contribution in [1.29, 1.82) is 0 Å². The molecule has 6 heteroatoms. The van der Waals surface area contributed by atoms with Crippen molar-refractivity contribution in [2.75, 3.05) is 26.2 Å². The Morgan fingerprint density at radius 1 is 1.13 bits per heavy atom. The largest absolute Gasteiger partial charge is 0.491 e. The highest BCUT2D eigenvalue weighted by Gasteiger charge is 2.18. The van der Waals surface area contributed by atoms with Crippen LogP contribution in [0.15, 0.2) is 60.9 Å². The first-order chi connectivity index (χ1) is 15.2. The van der Waals surface area contributed by atoms with Gasteiger partial charge in [0, 0.05) is 39.4 Å². The molecule has 1 aromatic heterocycles. The lowest BCUT2D eigenvalue weighted by Crippen LogP contribution is -2.38. The normalized spacial score (nSPS) is 14.9. The van der Waals surface area contributed by atoms with Crippen molar-refractivity contribution < 1.29 is 9.84 Å². The molecule has 1 aliphatic rings. The highest BCUT2D eigenvalue weighted by atomic mass is 16.5. The fourth-order valence-electron chi connectivity index (χ4n) is 4.06. The topological polar surface area (TPSA) is 62.6 Å². The molecule has 0 fully saturated rings.